The number of nitrogens with zero attached hydrogens (tertiary/aromatic N) is 3. The number of hydrogen-bond donors (Lipinski definition) is 1. The van der Waals surface area contributed by atoms with Crippen molar-refractivity contribution < 1.29 is 14.3 Å². The molecule has 0 saturated heterocycles. The first-order chi connectivity index (χ1) is 15.5. The fraction of sp³-hybridized carbons (Fsp3) is 0.364. The molecule has 0 spiro atoms. The second-order valence-electron chi connectivity index (χ2n) is 7.78. The molecule has 1 unspecified atom stereocenters. The standard InChI is InChI=1S/C22H22N4O3S3/c1-3-29-20(28)18-13-9-8-12(2)10-16(13)31-19(18)23-17(27)11-30-21-24-25-22-26(21)14-6-4-5-7-15(14)32-22/h4-7,12H,3,8-11H2,1-2H3,(H,23,27). The monoisotopic (exact) mass is 486 g/mol. The van der Waals surface area contributed by atoms with E-state index >= 15 is 0 Å². The fourth-order valence-corrected chi connectivity index (χ4v) is 7.18. The van der Waals surface area contributed by atoms with Gasteiger partial charge in [-0.3, -0.25) is 9.20 Å². The number of thiazole rings is 1. The normalized spacial score (nSPS) is 15.8. The number of esters is 1. The summed E-state index contributed by atoms with van der Waals surface area (Å²) in [6, 6.07) is 8.04. The fourth-order valence-electron chi connectivity index (χ4n) is 4.00. The van der Waals surface area contributed by atoms with Gasteiger partial charge >= 0.3 is 5.97 Å². The number of aromatic nitrogens is 3. The number of nitrogens with one attached hydrogen (secondary N) is 1. The predicted octanol–water partition coefficient (Wildman–Crippen LogP) is 5.04. The lowest BCUT2D eigenvalue weighted by Crippen LogP contribution is -2.17. The van der Waals surface area contributed by atoms with Crippen LogP contribution in [0.1, 0.15) is 41.1 Å². The Hall–Kier alpha value is -2.43. The van der Waals surface area contributed by atoms with Crippen molar-refractivity contribution in [2.24, 2.45) is 5.92 Å². The minimum Gasteiger partial charge on any atom is -0.462 e. The van der Waals surface area contributed by atoms with E-state index in [0.29, 0.717) is 28.2 Å². The van der Waals surface area contributed by atoms with Gasteiger partial charge in [-0.05, 0) is 49.8 Å². The van der Waals surface area contributed by atoms with Crippen LogP contribution in [0.15, 0.2) is 29.4 Å². The van der Waals surface area contributed by atoms with Gasteiger partial charge in [0.2, 0.25) is 10.9 Å². The number of hydrogen-bond acceptors (Lipinski definition) is 8. The number of ether oxygens (including phenoxy) is 1. The number of fused-ring (bicyclic) bond motifs is 4. The summed E-state index contributed by atoms with van der Waals surface area (Å²) in [6.07, 6.45) is 2.81. The molecule has 1 aliphatic carbocycles. The average molecular weight is 487 g/mol. The molecule has 32 heavy (non-hydrogen) atoms. The molecular formula is C22H22N4O3S3. The minimum absolute atomic E-state index is 0.173. The zero-order valence-corrected chi connectivity index (χ0v) is 20.2. The van der Waals surface area contributed by atoms with Gasteiger partial charge in [0, 0.05) is 4.88 Å². The second kappa shape index (κ2) is 8.84. The van der Waals surface area contributed by atoms with Crippen molar-refractivity contribution in [2.45, 2.75) is 38.3 Å². The smallest absolute Gasteiger partial charge is 0.341 e. The highest BCUT2D eigenvalue weighted by molar-refractivity contribution is 7.99. The highest BCUT2D eigenvalue weighted by Gasteiger charge is 2.29. The molecule has 5 rings (SSSR count). The Kier molecular flexibility index (Phi) is 5.92. The van der Waals surface area contributed by atoms with Crippen molar-refractivity contribution in [1.82, 2.24) is 14.6 Å². The lowest BCUT2D eigenvalue weighted by atomic mass is 9.88. The highest BCUT2D eigenvalue weighted by atomic mass is 32.2. The van der Waals surface area contributed by atoms with Crippen LogP contribution < -0.4 is 5.32 Å². The Balaban J connectivity index is 1.35. The number of carbonyl (C=O) groups excluding carboxylic acids is 2. The molecule has 10 heteroatoms. The number of thioether (sulfide) groups is 1. The molecule has 0 radical (unpaired) electrons. The van der Waals surface area contributed by atoms with Crippen molar-refractivity contribution in [1.29, 1.82) is 0 Å². The van der Waals surface area contributed by atoms with Gasteiger partial charge in [0.25, 0.3) is 0 Å². The summed E-state index contributed by atoms with van der Waals surface area (Å²) in [5.74, 6) is 0.215. The minimum atomic E-state index is -0.355. The third-order valence-electron chi connectivity index (χ3n) is 5.49. The van der Waals surface area contributed by atoms with Crippen LogP contribution in [0.4, 0.5) is 5.00 Å². The summed E-state index contributed by atoms with van der Waals surface area (Å²) in [7, 11) is 0. The van der Waals surface area contributed by atoms with Gasteiger partial charge in [0.15, 0.2) is 5.16 Å². The molecule has 166 valence electrons. The molecule has 0 bridgehead atoms. The molecule has 4 aromatic rings. The SMILES string of the molecule is CCOC(=O)c1c(NC(=O)CSc2nnc3sc4ccccc4n23)sc2c1CCC(C)C2. The largest absolute Gasteiger partial charge is 0.462 e. The maximum absolute atomic E-state index is 12.8. The summed E-state index contributed by atoms with van der Waals surface area (Å²) in [6.45, 7) is 4.32. The maximum atomic E-state index is 12.8. The molecule has 1 amide bonds. The third kappa shape index (κ3) is 3.91. The molecule has 7 nitrogen and oxygen atoms in total. The Morgan fingerprint density at radius 3 is 2.97 bits per heavy atom. The van der Waals surface area contributed by atoms with Crippen LogP contribution in [0.3, 0.4) is 0 Å². The summed E-state index contributed by atoms with van der Waals surface area (Å²) >= 11 is 4.41. The van der Waals surface area contributed by atoms with Gasteiger partial charge < -0.3 is 10.1 Å². The van der Waals surface area contributed by atoms with Crippen LogP contribution in [0.25, 0.3) is 15.2 Å². The molecule has 3 aromatic heterocycles. The van der Waals surface area contributed by atoms with E-state index in [1.165, 1.54) is 28.0 Å². The number of amides is 1. The molecule has 1 N–H and O–H groups in total. The molecule has 1 aromatic carbocycles. The predicted molar refractivity (Wildman–Crippen MR) is 129 cm³/mol. The first-order valence-electron chi connectivity index (χ1n) is 10.5. The van der Waals surface area contributed by atoms with Crippen LogP contribution >= 0.6 is 34.4 Å². The van der Waals surface area contributed by atoms with Gasteiger partial charge in [-0.15, -0.1) is 21.5 Å². The summed E-state index contributed by atoms with van der Waals surface area (Å²) < 4.78 is 8.40. The number of rotatable bonds is 6. The van der Waals surface area contributed by atoms with E-state index < -0.39 is 0 Å². The zero-order chi connectivity index (χ0) is 22.2. The van der Waals surface area contributed by atoms with E-state index in [0.717, 1.165) is 40.0 Å². The third-order valence-corrected chi connectivity index (χ3v) is 8.60. The number of thiophene rings is 1. The van der Waals surface area contributed by atoms with E-state index in [9.17, 15) is 9.59 Å². The lowest BCUT2D eigenvalue weighted by molar-refractivity contribution is -0.113. The van der Waals surface area contributed by atoms with Crippen molar-refractivity contribution >= 4 is 66.5 Å². The summed E-state index contributed by atoms with van der Waals surface area (Å²) in [5.41, 5.74) is 2.61. The molecule has 0 saturated carbocycles. The first kappa shape index (κ1) is 21.4. The Morgan fingerprint density at radius 1 is 1.28 bits per heavy atom. The van der Waals surface area contributed by atoms with Crippen molar-refractivity contribution in [3.63, 3.8) is 0 Å². The Bertz CT molecular complexity index is 1320. The zero-order valence-electron chi connectivity index (χ0n) is 17.7. The highest BCUT2D eigenvalue weighted by Crippen LogP contribution is 2.40. The van der Waals surface area contributed by atoms with Crippen LogP contribution in [0.5, 0.6) is 0 Å². The lowest BCUT2D eigenvalue weighted by Gasteiger charge is -2.18. The molecule has 3 heterocycles. The van der Waals surface area contributed by atoms with Crippen molar-refractivity contribution in [2.75, 3.05) is 17.7 Å². The van der Waals surface area contributed by atoms with Crippen LogP contribution in [-0.2, 0) is 22.4 Å². The topological polar surface area (TPSA) is 85.6 Å². The van der Waals surface area contributed by atoms with E-state index in [1.54, 1.807) is 18.3 Å². The molecular weight excluding hydrogens is 464 g/mol. The molecule has 0 fully saturated rings. The molecule has 1 atom stereocenters. The van der Waals surface area contributed by atoms with Gasteiger partial charge in [-0.25, -0.2) is 4.79 Å². The Morgan fingerprint density at radius 2 is 2.12 bits per heavy atom. The van der Waals surface area contributed by atoms with Gasteiger partial charge in [0.05, 0.1) is 28.1 Å². The van der Waals surface area contributed by atoms with E-state index in [-0.39, 0.29) is 17.6 Å². The van der Waals surface area contributed by atoms with Crippen molar-refractivity contribution in [3.8, 4) is 0 Å². The number of carbonyl (C=O) groups is 2. The maximum Gasteiger partial charge on any atom is 0.341 e. The number of anilines is 1. The molecule has 0 aliphatic heterocycles. The summed E-state index contributed by atoms with van der Waals surface area (Å²) in [5, 5.41) is 12.7. The first-order valence-corrected chi connectivity index (χ1v) is 13.1. The summed E-state index contributed by atoms with van der Waals surface area (Å²) in [4.78, 5) is 27.5. The van der Waals surface area contributed by atoms with Crippen molar-refractivity contribution in [3.05, 3.63) is 40.3 Å². The van der Waals surface area contributed by atoms with E-state index in [1.807, 2.05) is 28.7 Å². The van der Waals surface area contributed by atoms with Gasteiger partial charge in [-0.2, -0.15) is 0 Å². The Labute approximate surface area is 197 Å². The quantitative estimate of drug-likeness (QED) is 0.304. The van der Waals surface area contributed by atoms with E-state index in [4.69, 9.17) is 4.74 Å². The second-order valence-corrected chi connectivity index (χ2v) is 10.8. The van der Waals surface area contributed by atoms with Gasteiger partial charge in [0.1, 0.15) is 5.00 Å². The van der Waals surface area contributed by atoms with Gasteiger partial charge in [-0.1, -0.05) is 42.2 Å². The molecule has 1 aliphatic rings. The van der Waals surface area contributed by atoms with Crippen LogP contribution in [0.2, 0.25) is 0 Å². The van der Waals surface area contributed by atoms with Crippen LogP contribution in [0, 0.1) is 5.92 Å². The van der Waals surface area contributed by atoms with E-state index in [2.05, 4.69) is 22.4 Å². The number of benzene rings is 1. The number of para-hydroxylation sites is 1. The van der Waals surface area contributed by atoms with Crippen LogP contribution in [-0.4, -0.2) is 38.8 Å². The average Bonchev–Trinajstić information content (AvgIpc) is 3.43.